The number of carbonyl (C=O) groups is 3. The van der Waals surface area contributed by atoms with Gasteiger partial charge in [0.05, 0.1) is 5.92 Å². The summed E-state index contributed by atoms with van der Waals surface area (Å²) < 4.78 is 0. The third-order valence-electron chi connectivity index (χ3n) is 1.97. The number of carbonyl (C=O) groups excluding carboxylic acids is 2. The van der Waals surface area contributed by atoms with Crippen molar-refractivity contribution in [2.75, 3.05) is 12.8 Å². The summed E-state index contributed by atoms with van der Waals surface area (Å²) in [5.41, 5.74) is 5.32. The molecule has 0 saturated heterocycles. The van der Waals surface area contributed by atoms with Crippen LogP contribution in [0.3, 0.4) is 0 Å². The molecule has 4 N–H and O–H groups in total. The Labute approximate surface area is 98.0 Å². The highest BCUT2D eigenvalue weighted by atomic mass is 32.2. The molecule has 0 bridgehead atoms. The average Bonchev–Trinajstić information content (AvgIpc) is 2.24. The minimum absolute atomic E-state index is 0.00681. The van der Waals surface area contributed by atoms with E-state index < -0.39 is 23.8 Å². The highest BCUT2D eigenvalue weighted by molar-refractivity contribution is 8.13. The van der Waals surface area contributed by atoms with Crippen LogP contribution >= 0.6 is 11.8 Å². The smallest absolute Gasteiger partial charge is 0.306 e. The van der Waals surface area contributed by atoms with Crippen LogP contribution in [0.1, 0.15) is 13.3 Å². The Morgan fingerprint density at radius 3 is 2.38 bits per heavy atom. The van der Waals surface area contributed by atoms with Crippen molar-refractivity contribution in [2.45, 2.75) is 19.4 Å². The predicted octanol–water partition coefficient (Wildman–Crippen LogP) is -0.570. The Balaban J connectivity index is 4.21. The lowest BCUT2D eigenvalue weighted by Crippen LogP contribution is -2.45. The molecule has 0 aromatic carbocycles. The number of nitrogens with two attached hydrogens (primary N) is 1. The molecule has 0 spiro atoms. The number of hydrogen-bond donors (Lipinski definition) is 3. The summed E-state index contributed by atoms with van der Waals surface area (Å²) >= 11 is 0.975. The number of hydrogen-bond acceptors (Lipinski definition) is 5. The summed E-state index contributed by atoms with van der Waals surface area (Å²) in [6.07, 6.45) is 1.44. The van der Waals surface area contributed by atoms with Gasteiger partial charge in [0.1, 0.15) is 6.04 Å². The van der Waals surface area contributed by atoms with Crippen molar-refractivity contribution in [2.24, 2.45) is 11.7 Å². The van der Waals surface area contributed by atoms with Crippen LogP contribution in [0.15, 0.2) is 0 Å². The molecular formula is C9H16N2O4S. The van der Waals surface area contributed by atoms with Gasteiger partial charge in [0.2, 0.25) is 11.0 Å². The molecule has 2 atom stereocenters. The van der Waals surface area contributed by atoms with Gasteiger partial charge < -0.3 is 16.2 Å². The highest BCUT2D eigenvalue weighted by Gasteiger charge is 2.21. The molecule has 1 amide bonds. The molecule has 0 aliphatic carbocycles. The lowest BCUT2D eigenvalue weighted by atomic mass is 10.1. The van der Waals surface area contributed by atoms with Gasteiger partial charge in [0, 0.05) is 13.0 Å². The standard InChI is InChI=1S/C9H16N2O4S/c1-5(8(13)14)3-7(12)11-6(4-10)9(15)16-2/h5-6H,3-4,10H2,1-2H3,(H,11,12)(H,13,14)/t5?,6-/m1/s1. The second kappa shape index (κ2) is 7.24. The summed E-state index contributed by atoms with van der Waals surface area (Å²) in [5, 5.41) is 10.8. The van der Waals surface area contributed by atoms with Gasteiger partial charge >= 0.3 is 5.97 Å². The maximum atomic E-state index is 11.4. The molecule has 0 aliphatic rings. The van der Waals surface area contributed by atoms with Crippen LogP contribution in [0.2, 0.25) is 0 Å². The van der Waals surface area contributed by atoms with E-state index in [9.17, 15) is 14.4 Å². The third-order valence-corrected chi connectivity index (χ3v) is 2.66. The van der Waals surface area contributed by atoms with Crippen molar-refractivity contribution in [3.05, 3.63) is 0 Å². The number of nitrogens with one attached hydrogen (secondary N) is 1. The predicted molar refractivity (Wildman–Crippen MR) is 60.9 cm³/mol. The Kier molecular flexibility index (Phi) is 6.75. The van der Waals surface area contributed by atoms with Gasteiger partial charge in [-0.05, 0) is 6.26 Å². The molecule has 0 radical (unpaired) electrons. The van der Waals surface area contributed by atoms with Crippen molar-refractivity contribution in [3.8, 4) is 0 Å². The van der Waals surface area contributed by atoms with Crippen LogP contribution in [0.4, 0.5) is 0 Å². The Hall–Kier alpha value is -1.08. The van der Waals surface area contributed by atoms with Gasteiger partial charge in [-0.3, -0.25) is 14.4 Å². The van der Waals surface area contributed by atoms with E-state index in [1.54, 1.807) is 6.26 Å². The normalized spacial score (nSPS) is 13.9. The molecule has 0 aliphatic heterocycles. The third kappa shape index (κ3) is 5.13. The van der Waals surface area contributed by atoms with Crippen molar-refractivity contribution in [3.63, 3.8) is 0 Å². The highest BCUT2D eigenvalue weighted by Crippen LogP contribution is 2.04. The minimum Gasteiger partial charge on any atom is -0.481 e. The number of thioether (sulfide) groups is 1. The summed E-state index contributed by atoms with van der Waals surface area (Å²) in [7, 11) is 0. The van der Waals surface area contributed by atoms with E-state index >= 15 is 0 Å². The lowest BCUT2D eigenvalue weighted by Gasteiger charge is -2.15. The zero-order chi connectivity index (χ0) is 12.7. The van der Waals surface area contributed by atoms with Crippen molar-refractivity contribution >= 4 is 28.8 Å². The molecule has 92 valence electrons. The Morgan fingerprint density at radius 1 is 1.44 bits per heavy atom. The molecule has 1 unspecified atom stereocenters. The van der Waals surface area contributed by atoms with E-state index in [0.29, 0.717) is 0 Å². The van der Waals surface area contributed by atoms with Crippen molar-refractivity contribution in [1.29, 1.82) is 0 Å². The quantitative estimate of drug-likeness (QED) is 0.580. The van der Waals surface area contributed by atoms with E-state index in [0.717, 1.165) is 11.8 Å². The molecular weight excluding hydrogens is 232 g/mol. The van der Waals surface area contributed by atoms with Crippen molar-refractivity contribution in [1.82, 2.24) is 5.32 Å². The minimum atomic E-state index is -1.05. The van der Waals surface area contributed by atoms with Crippen LogP contribution < -0.4 is 11.1 Å². The number of carboxylic acid groups (broad SMARTS) is 1. The largest absolute Gasteiger partial charge is 0.481 e. The maximum absolute atomic E-state index is 11.4. The Morgan fingerprint density at radius 2 is 2.00 bits per heavy atom. The van der Waals surface area contributed by atoms with Crippen LogP contribution in [0.25, 0.3) is 0 Å². The summed E-state index contributed by atoms with van der Waals surface area (Å²) in [6.45, 7) is 1.43. The van der Waals surface area contributed by atoms with E-state index in [4.69, 9.17) is 10.8 Å². The van der Waals surface area contributed by atoms with Crippen LogP contribution in [0, 0.1) is 5.92 Å². The SMILES string of the molecule is CSC(=O)[C@@H](CN)NC(=O)CC(C)C(=O)O. The average molecular weight is 248 g/mol. The first-order valence-corrected chi connectivity index (χ1v) is 5.94. The fraction of sp³-hybridized carbons (Fsp3) is 0.667. The summed E-state index contributed by atoms with van der Waals surface area (Å²) in [4.78, 5) is 33.1. The van der Waals surface area contributed by atoms with Gasteiger partial charge in [-0.1, -0.05) is 18.7 Å². The molecule has 0 saturated carbocycles. The Bertz CT molecular complexity index is 283. The molecule has 0 fully saturated rings. The fourth-order valence-electron chi connectivity index (χ4n) is 0.975. The molecule has 0 aromatic rings. The molecule has 0 heterocycles. The molecule has 0 aromatic heterocycles. The molecule has 0 rings (SSSR count). The van der Waals surface area contributed by atoms with Crippen LogP contribution in [-0.4, -0.2) is 40.9 Å². The van der Waals surface area contributed by atoms with E-state index in [2.05, 4.69) is 5.32 Å². The molecule has 16 heavy (non-hydrogen) atoms. The molecule has 7 heteroatoms. The molecule has 6 nitrogen and oxygen atoms in total. The van der Waals surface area contributed by atoms with Gasteiger partial charge in [-0.15, -0.1) is 0 Å². The zero-order valence-electron chi connectivity index (χ0n) is 9.23. The second-order valence-electron chi connectivity index (χ2n) is 3.32. The van der Waals surface area contributed by atoms with Crippen LogP contribution in [0.5, 0.6) is 0 Å². The summed E-state index contributed by atoms with van der Waals surface area (Å²) in [5.74, 6) is -2.30. The fourth-order valence-corrected chi connectivity index (χ4v) is 1.41. The zero-order valence-corrected chi connectivity index (χ0v) is 10.0. The van der Waals surface area contributed by atoms with E-state index in [1.165, 1.54) is 6.92 Å². The first-order chi connectivity index (χ1) is 7.42. The number of rotatable bonds is 6. The topological polar surface area (TPSA) is 109 Å². The number of carboxylic acids is 1. The number of aliphatic carboxylic acids is 1. The van der Waals surface area contributed by atoms with Crippen LogP contribution in [-0.2, 0) is 14.4 Å². The summed E-state index contributed by atoms with van der Waals surface area (Å²) in [6, 6.07) is -0.747. The van der Waals surface area contributed by atoms with Gasteiger partial charge in [-0.25, -0.2) is 0 Å². The first kappa shape index (κ1) is 14.9. The lowest BCUT2D eigenvalue weighted by molar-refractivity contribution is -0.143. The maximum Gasteiger partial charge on any atom is 0.306 e. The first-order valence-electron chi connectivity index (χ1n) is 4.72. The second-order valence-corrected chi connectivity index (χ2v) is 4.13. The number of amides is 1. The van der Waals surface area contributed by atoms with Gasteiger partial charge in [0.25, 0.3) is 0 Å². The van der Waals surface area contributed by atoms with Crippen molar-refractivity contribution < 1.29 is 19.5 Å². The monoisotopic (exact) mass is 248 g/mol. The van der Waals surface area contributed by atoms with E-state index in [-0.39, 0.29) is 18.1 Å². The van der Waals surface area contributed by atoms with E-state index in [1.807, 2.05) is 0 Å². The van der Waals surface area contributed by atoms with Gasteiger partial charge in [0.15, 0.2) is 0 Å². The van der Waals surface area contributed by atoms with Gasteiger partial charge in [-0.2, -0.15) is 0 Å².